The Hall–Kier alpha value is -3.95. The van der Waals surface area contributed by atoms with E-state index in [1.165, 1.54) is 24.1 Å². The molecule has 0 aliphatic heterocycles. The fourth-order valence-electron chi connectivity index (χ4n) is 4.65. The zero-order chi connectivity index (χ0) is 30.1. The van der Waals surface area contributed by atoms with Crippen molar-refractivity contribution >= 4 is 43.5 Å². The topological polar surface area (TPSA) is 86.8 Å². The van der Waals surface area contributed by atoms with Crippen LogP contribution in [-0.2, 0) is 39.0 Å². The summed E-state index contributed by atoms with van der Waals surface area (Å²) in [6.45, 7) is 1.65. The molecular formula is C33H34BrN3O4S. The molecule has 0 radical (unpaired) electrons. The quantitative estimate of drug-likeness (QED) is 0.217. The SMILES string of the molecule is CCc1ccc(N(CC(=O)N(Cc2ccc(Br)cc2)C(Cc2ccccc2)C(=O)NC)S(=O)(=O)c2ccccc2)cc1. The molecule has 2 amide bonds. The molecule has 0 aromatic heterocycles. The summed E-state index contributed by atoms with van der Waals surface area (Å²) in [5.74, 6) is -0.837. The van der Waals surface area contributed by atoms with Gasteiger partial charge in [0, 0.05) is 24.5 Å². The molecule has 1 atom stereocenters. The average molecular weight is 649 g/mol. The summed E-state index contributed by atoms with van der Waals surface area (Å²) in [6.07, 6.45) is 1.05. The number of benzene rings is 4. The van der Waals surface area contributed by atoms with E-state index in [1.807, 2.05) is 73.7 Å². The molecule has 0 aliphatic rings. The number of amides is 2. The third kappa shape index (κ3) is 7.66. The summed E-state index contributed by atoms with van der Waals surface area (Å²) in [7, 11) is -2.58. The van der Waals surface area contributed by atoms with Crippen molar-refractivity contribution < 1.29 is 18.0 Å². The first kappa shape index (κ1) is 31.0. The molecule has 9 heteroatoms. The molecule has 0 fully saturated rings. The molecule has 7 nitrogen and oxygen atoms in total. The van der Waals surface area contributed by atoms with Crippen molar-refractivity contribution in [3.05, 3.63) is 130 Å². The Balaban J connectivity index is 1.77. The van der Waals surface area contributed by atoms with Crippen LogP contribution in [0.25, 0.3) is 0 Å². The Bertz CT molecular complexity index is 1580. The number of aryl methyl sites for hydroxylation is 1. The largest absolute Gasteiger partial charge is 0.357 e. The number of likely N-dealkylation sites (N-methyl/N-ethyl adjacent to an activating group) is 1. The first-order valence-electron chi connectivity index (χ1n) is 13.7. The predicted molar refractivity (Wildman–Crippen MR) is 169 cm³/mol. The number of hydrogen-bond acceptors (Lipinski definition) is 4. The first-order valence-corrected chi connectivity index (χ1v) is 15.9. The van der Waals surface area contributed by atoms with Gasteiger partial charge in [-0.25, -0.2) is 8.42 Å². The van der Waals surface area contributed by atoms with E-state index in [1.54, 1.807) is 30.3 Å². The van der Waals surface area contributed by atoms with Crippen LogP contribution in [0, 0.1) is 0 Å². The minimum Gasteiger partial charge on any atom is -0.357 e. The summed E-state index contributed by atoms with van der Waals surface area (Å²) in [5.41, 5.74) is 3.09. The fourth-order valence-corrected chi connectivity index (χ4v) is 6.35. The second kappa shape index (κ2) is 14.3. The van der Waals surface area contributed by atoms with Crippen molar-refractivity contribution in [3.8, 4) is 0 Å². The van der Waals surface area contributed by atoms with Gasteiger partial charge < -0.3 is 10.2 Å². The van der Waals surface area contributed by atoms with Crippen LogP contribution in [-0.4, -0.2) is 44.8 Å². The summed E-state index contributed by atoms with van der Waals surface area (Å²) in [4.78, 5) is 29.1. The van der Waals surface area contributed by atoms with Crippen LogP contribution in [0.5, 0.6) is 0 Å². The number of rotatable bonds is 12. The molecule has 4 aromatic carbocycles. The van der Waals surface area contributed by atoms with E-state index >= 15 is 0 Å². The minimum atomic E-state index is -4.11. The highest BCUT2D eigenvalue weighted by atomic mass is 79.9. The summed E-state index contributed by atoms with van der Waals surface area (Å²) in [6, 6.07) is 31.2. The molecule has 0 saturated heterocycles. The highest BCUT2D eigenvalue weighted by Gasteiger charge is 2.34. The van der Waals surface area contributed by atoms with Gasteiger partial charge in [-0.3, -0.25) is 13.9 Å². The number of nitrogens with one attached hydrogen (secondary N) is 1. The lowest BCUT2D eigenvalue weighted by Gasteiger charge is -2.33. The molecule has 0 heterocycles. The normalized spacial score (nSPS) is 11.9. The Morgan fingerprint density at radius 1 is 0.786 bits per heavy atom. The summed E-state index contributed by atoms with van der Waals surface area (Å²) in [5, 5.41) is 2.70. The summed E-state index contributed by atoms with van der Waals surface area (Å²) < 4.78 is 29.9. The molecule has 0 saturated carbocycles. The molecule has 0 spiro atoms. The van der Waals surface area contributed by atoms with Crippen molar-refractivity contribution in [2.75, 3.05) is 17.9 Å². The number of sulfonamides is 1. The predicted octanol–water partition coefficient (Wildman–Crippen LogP) is 5.59. The minimum absolute atomic E-state index is 0.0731. The molecular weight excluding hydrogens is 614 g/mol. The lowest BCUT2D eigenvalue weighted by molar-refractivity contribution is -0.139. The number of carbonyl (C=O) groups excluding carboxylic acids is 2. The molecule has 42 heavy (non-hydrogen) atoms. The van der Waals surface area contributed by atoms with E-state index < -0.39 is 28.5 Å². The number of halogens is 1. The van der Waals surface area contributed by atoms with Crippen molar-refractivity contribution in [1.82, 2.24) is 10.2 Å². The summed E-state index contributed by atoms with van der Waals surface area (Å²) >= 11 is 3.44. The van der Waals surface area contributed by atoms with Gasteiger partial charge in [0.25, 0.3) is 10.0 Å². The number of nitrogens with zero attached hydrogens (tertiary/aromatic N) is 2. The average Bonchev–Trinajstić information content (AvgIpc) is 3.03. The first-order chi connectivity index (χ1) is 20.2. The Morgan fingerprint density at radius 2 is 1.36 bits per heavy atom. The Kier molecular flexibility index (Phi) is 10.5. The third-order valence-electron chi connectivity index (χ3n) is 7.03. The maximum Gasteiger partial charge on any atom is 0.264 e. The zero-order valence-corrected chi connectivity index (χ0v) is 26.0. The van der Waals surface area contributed by atoms with E-state index in [-0.39, 0.29) is 23.8 Å². The maximum absolute atomic E-state index is 14.3. The maximum atomic E-state index is 14.3. The van der Waals surface area contributed by atoms with Gasteiger partial charge >= 0.3 is 0 Å². The van der Waals surface area contributed by atoms with Gasteiger partial charge in [-0.1, -0.05) is 95.7 Å². The highest BCUT2D eigenvalue weighted by Crippen LogP contribution is 2.26. The molecule has 1 N–H and O–H groups in total. The van der Waals surface area contributed by atoms with Gasteiger partial charge in [-0.15, -0.1) is 0 Å². The van der Waals surface area contributed by atoms with Gasteiger partial charge in [-0.2, -0.15) is 0 Å². The van der Waals surface area contributed by atoms with Crippen LogP contribution in [0.2, 0.25) is 0 Å². The van der Waals surface area contributed by atoms with E-state index in [0.717, 1.165) is 31.9 Å². The fraction of sp³-hybridized carbons (Fsp3) is 0.212. The number of anilines is 1. The molecule has 4 aromatic rings. The molecule has 1 unspecified atom stereocenters. The van der Waals surface area contributed by atoms with Crippen molar-refractivity contribution in [2.45, 2.75) is 37.2 Å². The van der Waals surface area contributed by atoms with Gasteiger partial charge in [0.2, 0.25) is 11.8 Å². The molecule has 0 bridgehead atoms. The van der Waals surface area contributed by atoms with Crippen LogP contribution in [0.1, 0.15) is 23.6 Å². The van der Waals surface area contributed by atoms with Crippen LogP contribution in [0.4, 0.5) is 5.69 Å². The standard InChI is InChI=1S/C33H34BrN3O4S/c1-3-25-16-20-29(21-17-25)37(42(40,41)30-12-8-5-9-13-30)24-32(38)36(23-27-14-18-28(34)19-15-27)31(33(39)35-2)22-26-10-6-4-7-11-26/h4-21,31H,3,22-24H2,1-2H3,(H,35,39). The number of carbonyl (C=O) groups is 2. The van der Waals surface area contributed by atoms with Crippen LogP contribution < -0.4 is 9.62 Å². The number of hydrogen-bond donors (Lipinski definition) is 1. The van der Waals surface area contributed by atoms with Gasteiger partial charge in [0.1, 0.15) is 12.6 Å². The third-order valence-corrected chi connectivity index (χ3v) is 9.34. The lowest BCUT2D eigenvalue weighted by atomic mass is 10.0. The Morgan fingerprint density at radius 3 is 1.93 bits per heavy atom. The second-order valence-corrected chi connectivity index (χ2v) is 12.6. The molecule has 218 valence electrons. The van der Waals surface area contributed by atoms with Gasteiger partial charge in [0.15, 0.2) is 0 Å². The smallest absolute Gasteiger partial charge is 0.264 e. The zero-order valence-electron chi connectivity index (χ0n) is 23.6. The van der Waals surface area contributed by atoms with E-state index in [2.05, 4.69) is 21.2 Å². The van der Waals surface area contributed by atoms with E-state index in [0.29, 0.717) is 5.69 Å². The second-order valence-electron chi connectivity index (χ2n) is 9.81. The van der Waals surface area contributed by atoms with Crippen LogP contribution >= 0.6 is 15.9 Å². The van der Waals surface area contributed by atoms with Crippen molar-refractivity contribution in [1.29, 1.82) is 0 Å². The van der Waals surface area contributed by atoms with Crippen LogP contribution in [0.3, 0.4) is 0 Å². The van der Waals surface area contributed by atoms with E-state index in [9.17, 15) is 18.0 Å². The monoisotopic (exact) mass is 647 g/mol. The van der Waals surface area contributed by atoms with Crippen LogP contribution in [0.15, 0.2) is 119 Å². The lowest BCUT2D eigenvalue weighted by Crippen LogP contribution is -2.53. The van der Waals surface area contributed by atoms with Gasteiger partial charge in [-0.05, 0) is 59.5 Å². The Labute approximate surface area is 256 Å². The van der Waals surface area contributed by atoms with Crippen molar-refractivity contribution in [3.63, 3.8) is 0 Å². The van der Waals surface area contributed by atoms with Gasteiger partial charge in [0.05, 0.1) is 10.6 Å². The van der Waals surface area contributed by atoms with E-state index in [4.69, 9.17) is 0 Å². The molecule has 4 rings (SSSR count). The highest BCUT2D eigenvalue weighted by molar-refractivity contribution is 9.10. The molecule has 0 aliphatic carbocycles. The van der Waals surface area contributed by atoms with Crippen molar-refractivity contribution in [2.24, 2.45) is 0 Å².